The number of pyridine rings is 2. The number of fused-ring (bicyclic) bond motifs is 1. The Bertz CT molecular complexity index is 1810. The molecule has 0 atom stereocenters. The van der Waals surface area contributed by atoms with Gasteiger partial charge in [0.05, 0.1) is 11.3 Å². The molecule has 0 saturated heterocycles. The van der Waals surface area contributed by atoms with Gasteiger partial charge in [0.25, 0.3) is 5.56 Å². The first-order chi connectivity index (χ1) is 19.7. The Balaban J connectivity index is 1.37. The molecule has 1 aliphatic rings. The van der Waals surface area contributed by atoms with Gasteiger partial charge in [-0.1, -0.05) is 18.2 Å². The molecule has 6 rings (SSSR count). The summed E-state index contributed by atoms with van der Waals surface area (Å²) in [5.41, 5.74) is 4.73. The van der Waals surface area contributed by atoms with E-state index in [1.54, 1.807) is 19.3 Å². The zero-order valence-corrected chi connectivity index (χ0v) is 22.7. The van der Waals surface area contributed by atoms with Gasteiger partial charge in [-0.15, -0.1) is 0 Å². The molecule has 41 heavy (non-hydrogen) atoms. The molecular formula is C29H24F3N7OS. The highest BCUT2D eigenvalue weighted by molar-refractivity contribution is 7.03. The predicted octanol–water partition coefficient (Wildman–Crippen LogP) is 5.97. The van der Waals surface area contributed by atoms with E-state index >= 15 is 0 Å². The van der Waals surface area contributed by atoms with Crippen LogP contribution in [0.3, 0.4) is 0 Å². The second-order valence-electron chi connectivity index (χ2n) is 9.73. The third-order valence-electron chi connectivity index (χ3n) is 6.84. The number of halogens is 3. The van der Waals surface area contributed by atoms with Crippen molar-refractivity contribution in [2.24, 2.45) is 0 Å². The molecule has 0 aliphatic carbocycles. The lowest BCUT2D eigenvalue weighted by molar-refractivity contribution is -0.140. The van der Waals surface area contributed by atoms with E-state index in [4.69, 9.17) is 0 Å². The summed E-state index contributed by atoms with van der Waals surface area (Å²) in [6.45, 7) is 2.02. The molecule has 12 heteroatoms. The molecule has 0 saturated carbocycles. The molecule has 5 aromatic rings. The highest BCUT2D eigenvalue weighted by Crippen LogP contribution is 2.29. The van der Waals surface area contributed by atoms with Crippen LogP contribution in [-0.4, -0.2) is 43.2 Å². The van der Waals surface area contributed by atoms with Crippen molar-refractivity contribution in [1.82, 2.24) is 29.2 Å². The van der Waals surface area contributed by atoms with Crippen LogP contribution in [0.5, 0.6) is 0 Å². The van der Waals surface area contributed by atoms with Crippen molar-refractivity contribution in [2.75, 3.05) is 18.4 Å². The summed E-state index contributed by atoms with van der Waals surface area (Å²) in [4.78, 5) is 26.6. The Hall–Kier alpha value is -4.42. The third-order valence-corrected chi connectivity index (χ3v) is 7.43. The Morgan fingerprint density at radius 2 is 1.88 bits per heavy atom. The molecule has 4 aromatic heterocycles. The highest BCUT2D eigenvalue weighted by Gasteiger charge is 2.31. The smallest absolute Gasteiger partial charge is 0.324 e. The molecule has 2 N–H and O–H groups in total. The van der Waals surface area contributed by atoms with Crippen LogP contribution < -0.4 is 16.2 Å². The van der Waals surface area contributed by atoms with Crippen molar-refractivity contribution < 1.29 is 13.2 Å². The maximum Gasteiger partial charge on any atom is 0.406 e. The van der Waals surface area contributed by atoms with Gasteiger partial charge in [0.15, 0.2) is 0 Å². The summed E-state index contributed by atoms with van der Waals surface area (Å²) in [5.74, 6) is 0.0810. The van der Waals surface area contributed by atoms with Crippen LogP contribution in [-0.2, 0) is 6.54 Å². The lowest BCUT2D eigenvalue weighted by Crippen LogP contribution is -2.30. The average Bonchev–Trinajstić information content (AvgIpc) is 3.50. The van der Waals surface area contributed by atoms with E-state index in [0.717, 1.165) is 36.2 Å². The van der Waals surface area contributed by atoms with Gasteiger partial charge in [-0.05, 0) is 72.4 Å². The van der Waals surface area contributed by atoms with Crippen LogP contribution in [0.25, 0.3) is 39.0 Å². The quantitative estimate of drug-likeness (QED) is 0.258. The highest BCUT2D eigenvalue weighted by atomic mass is 32.1. The number of rotatable bonds is 6. The molecule has 5 heterocycles. The summed E-state index contributed by atoms with van der Waals surface area (Å²) in [6, 6.07) is 11.0. The van der Waals surface area contributed by atoms with Crippen LogP contribution in [0.4, 0.5) is 24.8 Å². The maximum atomic E-state index is 13.7. The van der Waals surface area contributed by atoms with Gasteiger partial charge in [-0.2, -0.15) is 18.2 Å². The van der Waals surface area contributed by atoms with E-state index in [1.165, 1.54) is 29.4 Å². The summed E-state index contributed by atoms with van der Waals surface area (Å²) in [7, 11) is 0. The SMILES string of the molecule is Cc1cc(-c2cnsc2)cnc1-c1cc2cnc(Nc3ccc(C4=CCNCC4)cc3)nc2n(CC(F)(F)F)c1=O. The van der Waals surface area contributed by atoms with Crippen molar-refractivity contribution in [1.29, 1.82) is 0 Å². The van der Waals surface area contributed by atoms with Gasteiger partial charge < -0.3 is 10.6 Å². The summed E-state index contributed by atoms with van der Waals surface area (Å²) in [5, 5.41) is 8.48. The minimum absolute atomic E-state index is 0.0429. The minimum Gasteiger partial charge on any atom is -0.324 e. The number of aromatic nitrogens is 5. The fraction of sp³-hybridized carbons (Fsp3) is 0.207. The summed E-state index contributed by atoms with van der Waals surface area (Å²) >= 11 is 1.30. The van der Waals surface area contributed by atoms with E-state index in [9.17, 15) is 18.0 Å². The number of anilines is 2. The first kappa shape index (κ1) is 26.8. The Labute approximate surface area is 236 Å². The van der Waals surface area contributed by atoms with Crippen molar-refractivity contribution in [3.63, 3.8) is 0 Å². The number of alkyl halides is 3. The van der Waals surface area contributed by atoms with Crippen LogP contribution in [0.2, 0.25) is 0 Å². The van der Waals surface area contributed by atoms with E-state index < -0.39 is 18.3 Å². The Morgan fingerprint density at radius 3 is 2.56 bits per heavy atom. The van der Waals surface area contributed by atoms with Crippen LogP contribution in [0.15, 0.2) is 71.2 Å². The fourth-order valence-corrected chi connectivity index (χ4v) is 5.40. The largest absolute Gasteiger partial charge is 0.406 e. The zero-order valence-electron chi connectivity index (χ0n) is 21.9. The lowest BCUT2D eigenvalue weighted by atomic mass is 10.0. The maximum absolute atomic E-state index is 13.7. The standard InChI is InChI=1S/C29H24F3N7OS/c1-17-10-20(22-14-36-41-15-22)12-34-25(17)24-11-21-13-35-28(38-26(21)39(27(24)40)16-29(30,31)32)37-23-4-2-18(3-5-23)19-6-8-33-9-7-19/h2-6,10-15,33H,7-9,16H2,1H3,(H,35,37,38). The van der Waals surface area contributed by atoms with Crippen molar-refractivity contribution >= 4 is 39.8 Å². The van der Waals surface area contributed by atoms with Gasteiger partial charge in [0.1, 0.15) is 12.2 Å². The van der Waals surface area contributed by atoms with Gasteiger partial charge >= 0.3 is 6.18 Å². The number of hydrogen-bond donors (Lipinski definition) is 2. The van der Waals surface area contributed by atoms with Crippen LogP contribution in [0, 0.1) is 6.92 Å². The molecule has 0 radical (unpaired) electrons. The van der Waals surface area contributed by atoms with Gasteiger partial charge in [0.2, 0.25) is 5.95 Å². The number of nitrogens with one attached hydrogen (secondary N) is 2. The number of nitrogens with zero attached hydrogens (tertiary/aromatic N) is 5. The number of hydrogen-bond acceptors (Lipinski definition) is 8. The van der Waals surface area contributed by atoms with Crippen LogP contribution >= 0.6 is 11.5 Å². The van der Waals surface area contributed by atoms with E-state index in [1.807, 2.05) is 35.7 Å². The molecule has 0 unspecified atom stereocenters. The minimum atomic E-state index is -4.65. The normalized spacial score (nSPS) is 13.8. The topological polar surface area (TPSA) is 97.6 Å². The van der Waals surface area contributed by atoms with Crippen LogP contribution in [0.1, 0.15) is 17.5 Å². The summed E-state index contributed by atoms with van der Waals surface area (Å²) in [6.07, 6.45) is 3.14. The molecule has 1 aromatic carbocycles. The number of aryl methyl sites for hydroxylation is 1. The first-order valence-electron chi connectivity index (χ1n) is 12.9. The fourth-order valence-electron chi connectivity index (χ4n) is 4.86. The van der Waals surface area contributed by atoms with Crippen molar-refractivity contribution in [3.8, 4) is 22.4 Å². The molecule has 0 amide bonds. The zero-order chi connectivity index (χ0) is 28.6. The molecule has 208 valence electrons. The molecular weight excluding hydrogens is 551 g/mol. The van der Waals surface area contributed by atoms with E-state index in [-0.39, 0.29) is 22.5 Å². The molecule has 8 nitrogen and oxygen atoms in total. The van der Waals surface area contributed by atoms with E-state index in [0.29, 0.717) is 21.5 Å². The second kappa shape index (κ2) is 10.9. The molecule has 1 aliphatic heterocycles. The van der Waals surface area contributed by atoms with Gasteiger partial charge in [0, 0.05) is 52.7 Å². The molecule has 0 bridgehead atoms. The van der Waals surface area contributed by atoms with E-state index in [2.05, 4.69) is 36.0 Å². The molecule has 0 fully saturated rings. The third kappa shape index (κ3) is 5.74. The predicted molar refractivity (Wildman–Crippen MR) is 154 cm³/mol. The summed E-state index contributed by atoms with van der Waals surface area (Å²) < 4.78 is 45.7. The lowest BCUT2D eigenvalue weighted by Gasteiger charge is -2.16. The Kier molecular flexibility index (Phi) is 7.10. The number of benzene rings is 1. The van der Waals surface area contributed by atoms with Crippen molar-refractivity contribution in [2.45, 2.75) is 26.1 Å². The first-order valence-corrected chi connectivity index (χ1v) is 13.7. The second-order valence-corrected chi connectivity index (χ2v) is 10.4. The average molecular weight is 576 g/mol. The Morgan fingerprint density at radius 1 is 1.05 bits per heavy atom. The molecule has 0 spiro atoms. The van der Waals surface area contributed by atoms with Gasteiger partial charge in [-0.25, -0.2) is 9.36 Å². The van der Waals surface area contributed by atoms with Gasteiger partial charge in [-0.3, -0.25) is 14.3 Å². The monoisotopic (exact) mass is 575 g/mol. The van der Waals surface area contributed by atoms with Crippen molar-refractivity contribution in [3.05, 3.63) is 87.9 Å².